The highest BCUT2D eigenvalue weighted by Crippen LogP contribution is 2.26. The van der Waals surface area contributed by atoms with Crippen LogP contribution in [0.25, 0.3) is 0 Å². The zero-order valence-corrected chi connectivity index (χ0v) is 11.4. The van der Waals surface area contributed by atoms with E-state index in [0.717, 1.165) is 30.3 Å². The molecule has 1 aromatic rings. The van der Waals surface area contributed by atoms with Crippen molar-refractivity contribution in [1.29, 1.82) is 0 Å². The number of amidine groups is 1. The van der Waals surface area contributed by atoms with E-state index in [1.807, 2.05) is 0 Å². The quantitative estimate of drug-likeness (QED) is 0.379. The summed E-state index contributed by atoms with van der Waals surface area (Å²) >= 11 is 0. The van der Waals surface area contributed by atoms with Crippen molar-refractivity contribution < 1.29 is 5.21 Å². The van der Waals surface area contributed by atoms with Gasteiger partial charge in [0.1, 0.15) is 0 Å². The van der Waals surface area contributed by atoms with E-state index in [0.29, 0.717) is 0 Å². The number of anilines is 1. The number of hydrogen-bond donors (Lipinski definition) is 2. The van der Waals surface area contributed by atoms with E-state index in [4.69, 9.17) is 10.9 Å². The standard InChI is InChI=1S/C14H22N4O/c1-2-11-4-3-8-18(9-6-11)13-10-16-7-5-12(13)14(15)17-19/h5,7,10-11,19H,2-4,6,8-9H2,1H3,(H2,15,17). The van der Waals surface area contributed by atoms with Crippen molar-refractivity contribution in [2.45, 2.75) is 32.6 Å². The highest BCUT2D eigenvalue weighted by Gasteiger charge is 2.19. The lowest BCUT2D eigenvalue weighted by molar-refractivity contribution is 0.318. The zero-order valence-electron chi connectivity index (χ0n) is 11.4. The van der Waals surface area contributed by atoms with Gasteiger partial charge in [-0.15, -0.1) is 0 Å². The molecule has 0 radical (unpaired) electrons. The molecule has 2 heterocycles. The van der Waals surface area contributed by atoms with E-state index >= 15 is 0 Å². The summed E-state index contributed by atoms with van der Waals surface area (Å²) in [6.45, 7) is 4.27. The van der Waals surface area contributed by atoms with Crippen molar-refractivity contribution in [1.82, 2.24) is 4.98 Å². The average Bonchev–Trinajstić information content (AvgIpc) is 2.71. The van der Waals surface area contributed by atoms with Gasteiger partial charge in [0.2, 0.25) is 0 Å². The number of oxime groups is 1. The molecular weight excluding hydrogens is 240 g/mol. The second-order valence-corrected chi connectivity index (χ2v) is 5.07. The molecule has 0 aliphatic carbocycles. The van der Waals surface area contributed by atoms with E-state index in [9.17, 15) is 0 Å². The van der Waals surface area contributed by atoms with E-state index in [1.54, 1.807) is 18.5 Å². The van der Waals surface area contributed by atoms with Crippen LogP contribution in [0.15, 0.2) is 23.6 Å². The average molecular weight is 262 g/mol. The molecule has 0 amide bonds. The smallest absolute Gasteiger partial charge is 0.172 e. The van der Waals surface area contributed by atoms with Gasteiger partial charge >= 0.3 is 0 Å². The zero-order chi connectivity index (χ0) is 13.7. The summed E-state index contributed by atoms with van der Waals surface area (Å²) in [7, 11) is 0. The first-order chi connectivity index (χ1) is 9.26. The molecule has 1 aliphatic heterocycles. The Hall–Kier alpha value is -1.78. The number of nitrogens with two attached hydrogens (primary N) is 1. The van der Waals surface area contributed by atoms with Gasteiger partial charge in [-0.3, -0.25) is 4.98 Å². The van der Waals surface area contributed by atoms with Crippen LogP contribution < -0.4 is 10.6 Å². The second kappa shape index (κ2) is 6.41. The molecule has 1 atom stereocenters. The van der Waals surface area contributed by atoms with Crippen molar-refractivity contribution in [3.05, 3.63) is 24.0 Å². The SMILES string of the molecule is CCC1CCCN(c2cnccc2/C(N)=N/O)CC1. The predicted octanol–water partition coefficient (Wildman–Crippen LogP) is 2.19. The highest BCUT2D eigenvalue weighted by atomic mass is 16.4. The van der Waals surface area contributed by atoms with Crippen LogP contribution in [0, 0.1) is 5.92 Å². The highest BCUT2D eigenvalue weighted by molar-refractivity contribution is 6.02. The van der Waals surface area contributed by atoms with Gasteiger partial charge in [0.05, 0.1) is 11.9 Å². The molecular formula is C14H22N4O. The molecule has 3 N–H and O–H groups in total. The molecule has 0 spiro atoms. The third-order valence-electron chi connectivity index (χ3n) is 3.95. The van der Waals surface area contributed by atoms with E-state index < -0.39 is 0 Å². The molecule has 1 aromatic heterocycles. The third kappa shape index (κ3) is 3.16. The first kappa shape index (κ1) is 13.6. The first-order valence-corrected chi connectivity index (χ1v) is 6.93. The van der Waals surface area contributed by atoms with Crippen LogP contribution >= 0.6 is 0 Å². The largest absolute Gasteiger partial charge is 0.409 e. The molecule has 5 nitrogen and oxygen atoms in total. The Labute approximate surface area is 114 Å². The fourth-order valence-electron chi connectivity index (χ4n) is 2.72. The Morgan fingerprint density at radius 2 is 2.37 bits per heavy atom. The lowest BCUT2D eigenvalue weighted by Crippen LogP contribution is -2.28. The van der Waals surface area contributed by atoms with E-state index in [-0.39, 0.29) is 5.84 Å². The van der Waals surface area contributed by atoms with Gasteiger partial charge in [-0.25, -0.2) is 0 Å². The fraction of sp³-hybridized carbons (Fsp3) is 0.571. The summed E-state index contributed by atoms with van der Waals surface area (Å²) < 4.78 is 0. The minimum Gasteiger partial charge on any atom is -0.409 e. The van der Waals surface area contributed by atoms with Crippen LogP contribution in [0.5, 0.6) is 0 Å². The maximum atomic E-state index is 8.87. The van der Waals surface area contributed by atoms with Crippen LogP contribution in [0.3, 0.4) is 0 Å². The van der Waals surface area contributed by atoms with Crippen molar-refractivity contribution in [2.75, 3.05) is 18.0 Å². The van der Waals surface area contributed by atoms with Crippen LogP contribution in [0.1, 0.15) is 38.2 Å². The van der Waals surface area contributed by atoms with Gasteiger partial charge < -0.3 is 15.8 Å². The third-order valence-corrected chi connectivity index (χ3v) is 3.95. The van der Waals surface area contributed by atoms with Gasteiger partial charge in [0.25, 0.3) is 0 Å². The molecule has 1 fully saturated rings. The summed E-state index contributed by atoms with van der Waals surface area (Å²) in [5, 5.41) is 12.0. The molecule has 1 unspecified atom stereocenters. The van der Waals surface area contributed by atoms with Crippen LogP contribution in [-0.4, -0.2) is 29.1 Å². The number of nitrogens with zero attached hydrogens (tertiary/aromatic N) is 3. The molecule has 1 aliphatic rings. The van der Waals surface area contributed by atoms with Crippen LogP contribution in [0.4, 0.5) is 5.69 Å². The minimum absolute atomic E-state index is 0.147. The molecule has 0 aromatic carbocycles. The van der Waals surface area contributed by atoms with Gasteiger partial charge in [-0.2, -0.15) is 0 Å². The first-order valence-electron chi connectivity index (χ1n) is 6.93. The van der Waals surface area contributed by atoms with Gasteiger partial charge in [-0.1, -0.05) is 18.5 Å². The number of hydrogen-bond acceptors (Lipinski definition) is 4. The minimum atomic E-state index is 0.147. The number of rotatable bonds is 3. The van der Waals surface area contributed by atoms with Crippen LogP contribution in [0.2, 0.25) is 0 Å². The Morgan fingerprint density at radius 1 is 1.53 bits per heavy atom. The summed E-state index contributed by atoms with van der Waals surface area (Å²) in [5.74, 6) is 0.961. The van der Waals surface area contributed by atoms with Crippen molar-refractivity contribution >= 4 is 11.5 Å². The van der Waals surface area contributed by atoms with E-state index in [2.05, 4.69) is 22.0 Å². The molecule has 2 rings (SSSR count). The maximum absolute atomic E-state index is 8.87. The lowest BCUT2D eigenvalue weighted by atomic mass is 9.98. The molecule has 104 valence electrons. The molecule has 0 bridgehead atoms. The lowest BCUT2D eigenvalue weighted by Gasteiger charge is -2.24. The summed E-state index contributed by atoms with van der Waals surface area (Å²) in [6.07, 6.45) is 8.38. The Balaban J connectivity index is 2.22. The van der Waals surface area contributed by atoms with Gasteiger partial charge in [0, 0.05) is 24.8 Å². The molecule has 5 heteroatoms. The second-order valence-electron chi connectivity index (χ2n) is 5.07. The molecule has 19 heavy (non-hydrogen) atoms. The summed E-state index contributed by atoms with van der Waals surface area (Å²) in [6, 6.07) is 1.80. The van der Waals surface area contributed by atoms with Gasteiger partial charge in [0.15, 0.2) is 5.84 Å². The monoisotopic (exact) mass is 262 g/mol. The van der Waals surface area contributed by atoms with Crippen molar-refractivity contribution in [2.24, 2.45) is 16.8 Å². The number of aromatic nitrogens is 1. The molecule has 1 saturated heterocycles. The topological polar surface area (TPSA) is 74.7 Å². The fourth-order valence-corrected chi connectivity index (χ4v) is 2.72. The van der Waals surface area contributed by atoms with Gasteiger partial charge in [-0.05, 0) is 31.2 Å². The van der Waals surface area contributed by atoms with Crippen molar-refractivity contribution in [3.63, 3.8) is 0 Å². The van der Waals surface area contributed by atoms with Crippen LogP contribution in [-0.2, 0) is 0 Å². The normalized spacial score (nSPS) is 21.2. The van der Waals surface area contributed by atoms with Crippen molar-refractivity contribution in [3.8, 4) is 0 Å². The summed E-state index contributed by atoms with van der Waals surface area (Å²) in [4.78, 5) is 6.47. The maximum Gasteiger partial charge on any atom is 0.172 e. The summed E-state index contributed by atoms with van der Waals surface area (Å²) in [5.41, 5.74) is 7.46. The Kier molecular flexibility index (Phi) is 4.60. The predicted molar refractivity (Wildman–Crippen MR) is 76.6 cm³/mol. The Morgan fingerprint density at radius 3 is 3.11 bits per heavy atom. The Bertz CT molecular complexity index is 447. The molecule has 0 saturated carbocycles. The van der Waals surface area contributed by atoms with E-state index in [1.165, 1.54) is 25.7 Å². The number of pyridine rings is 1.